The Morgan fingerprint density at radius 2 is 1.89 bits per heavy atom. The molecule has 0 bridgehead atoms. The van der Waals surface area contributed by atoms with E-state index in [-0.39, 0.29) is 17.6 Å². The van der Waals surface area contributed by atoms with Gasteiger partial charge in [-0.1, -0.05) is 0 Å². The SMILES string of the molecule is Cc1ncc(C#N)n1-c1nc(N2CCN(C(=O)OC(C)(C)C)CC2)ncc1F. The van der Waals surface area contributed by atoms with Crippen molar-refractivity contribution in [2.45, 2.75) is 33.3 Å². The summed E-state index contributed by atoms with van der Waals surface area (Å²) in [6.07, 6.45) is 2.09. The third-order valence-corrected chi connectivity index (χ3v) is 4.19. The van der Waals surface area contributed by atoms with Crippen LogP contribution < -0.4 is 4.90 Å². The maximum absolute atomic E-state index is 14.4. The summed E-state index contributed by atoms with van der Waals surface area (Å²) in [7, 11) is 0. The standard InChI is InChI=1S/C18H22FN7O2/c1-12-21-10-13(9-20)26(12)15-14(19)11-22-16(23-15)24-5-7-25(8-6-24)17(27)28-18(2,3)4/h10-11H,5-8H2,1-4H3. The highest BCUT2D eigenvalue weighted by molar-refractivity contribution is 5.68. The van der Waals surface area contributed by atoms with Gasteiger partial charge in [-0.25, -0.2) is 19.2 Å². The highest BCUT2D eigenvalue weighted by Gasteiger charge is 2.27. The predicted molar refractivity (Wildman–Crippen MR) is 98.6 cm³/mol. The highest BCUT2D eigenvalue weighted by atomic mass is 19.1. The second kappa shape index (κ2) is 7.42. The van der Waals surface area contributed by atoms with Gasteiger partial charge in [0.25, 0.3) is 0 Å². The molecule has 3 rings (SSSR count). The van der Waals surface area contributed by atoms with Crippen LogP contribution in [0.1, 0.15) is 32.3 Å². The van der Waals surface area contributed by atoms with E-state index in [1.54, 1.807) is 11.8 Å². The monoisotopic (exact) mass is 387 g/mol. The molecule has 0 N–H and O–H groups in total. The number of aromatic nitrogens is 4. The maximum Gasteiger partial charge on any atom is 0.410 e. The summed E-state index contributed by atoms with van der Waals surface area (Å²) in [5, 5.41) is 9.23. The summed E-state index contributed by atoms with van der Waals surface area (Å²) in [6, 6.07) is 1.98. The van der Waals surface area contributed by atoms with E-state index in [4.69, 9.17) is 4.74 Å². The Hall–Kier alpha value is -3.22. The van der Waals surface area contributed by atoms with E-state index in [0.717, 1.165) is 6.20 Å². The molecule has 1 aliphatic rings. The Labute approximate surface area is 162 Å². The molecule has 1 aliphatic heterocycles. The van der Waals surface area contributed by atoms with Gasteiger partial charge in [-0.2, -0.15) is 10.2 Å². The van der Waals surface area contributed by atoms with Crippen molar-refractivity contribution in [1.29, 1.82) is 5.26 Å². The first-order valence-electron chi connectivity index (χ1n) is 8.90. The minimum absolute atomic E-state index is 0.0221. The zero-order valence-electron chi connectivity index (χ0n) is 16.3. The van der Waals surface area contributed by atoms with Crippen molar-refractivity contribution >= 4 is 12.0 Å². The third kappa shape index (κ3) is 4.03. The molecule has 0 aromatic carbocycles. The molecule has 0 spiro atoms. The van der Waals surface area contributed by atoms with Crippen LogP contribution in [0.2, 0.25) is 0 Å². The van der Waals surface area contributed by atoms with E-state index in [9.17, 15) is 14.4 Å². The number of hydrogen-bond acceptors (Lipinski definition) is 7. The van der Waals surface area contributed by atoms with Gasteiger partial charge >= 0.3 is 6.09 Å². The molecule has 2 aromatic rings. The predicted octanol–water partition coefficient (Wildman–Crippen LogP) is 2.04. The number of piperazine rings is 1. The lowest BCUT2D eigenvalue weighted by molar-refractivity contribution is 0.0240. The fraction of sp³-hybridized carbons (Fsp3) is 0.500. The van der Waals surface area contributed by atoms with Crippen molar-refractivity contribution in [3.63, 3.8) is 0 Å². The number of imidazole rings is 1. The second-order valence-corrected chi connectivity index (χ2v) is 7.43. The van der Waals surface area contributed by atoms with Crippen LogP contribution >= 0.6 is 0 Å². The lowest BCUT2D eigenvalue weighted by Crippen LogP contribution is -2.50. The summed E-state index contributed by atoms with van der Waals surface area (Å²) in [5.41, 5.74) is -0.361. The quantitative estimate of drug-likeness (QED) is 0.777. The smallest absolute Gasteiger partial charge is 0.410 e. The van der Waals surface area contributed by atoms with Crippen LogP contribution in [-0.4, -0.2) is 62.3 Å². The van der Waals surface area contributed by atoms with Crippen molar-refractivity contribution < 1.29 is 13.9 Å². The van der Waals surface area contributed by atoms with Gasteiger partial charge in [0, 0.05) is 26.2 Å². The molecule has 0 radical (unpaired) electrons. The lowest BCUT2D eigenvalue weighted by atomic mass is 10.2. The molecule has 148 valence electrons. The Morgan fingerprint density at radius 3 is 2.50 bits per heavy atom. The van der Waals surface area contributed by atoms with Gasteiger partial charge in [0.05, 0.1) is 12.4 Å². The molecule has 1 saturated heterocycles. The topological polar surface area (TPSA) is 100 Å². The van der Waals surface area contributed by atoms with Gasteiger partial charge in [-0.05, 0) is 27.7 Å². The maximum atomic E-state index is 14.4. The summed E-state index contributed by atoms with van der Waals surface area (Å²) >= 11 is 0. The molecular formula is C18H22FN7O2. The molecule has 1 fully saturated rings. The largest absolute Gasteiger partial charge is 0.444 e. The van der Waals surface area contributed by atoms with E-state index in [1.807, 2.05) is 31.7 Å². The number of nitriles is 1. The Morgan fingerprint density at radius 1 is 1.21 bits per heavy atom. The number of anilines is 1. The number of ether oxygens (including phenoxy) is 1. The molecule has 0 atom stereocenters. The van der Waals surface area contributed by atoms with Crippen LogP contribution in [0.5, 0.6) is 0 Å². The lowest BCUT2D eigenvalue weighted by Gasteiger charge is -2.35. The number of aryl methyl sites for hydroxylation is 1. The molecule has 1 amide bonds. The molecule has 3 heterocycles. The average molecular weight is 387 g/mol. The number of hydrogen-bond donors (Lipinski definition) is 0. The minimum atomic E-state index is -0.645. The van der Waals surface area contributed by atoms with E-state index >= 15 is 0 Å². The van der Waals surface area contributed by atoms with Gasteiger partial charge in [0.1, 0.15) is 23.2 Å². The van der Waals surface area contributed by atoms with Crippen LogP contribution in [0.4, 0.5) is 15.1 Å². The normalized spacial score (nSPS) is 14.7. The number of amides is 1. The number of halogens is 1. The number of nitrogens with zero attached hydrogens (tertiary/aromatic N) is 7. The molecule has 28 heavy (non-hydrogen) atoms. The summed E-state index contributed by atoms with van der Waals surface area (Å²) in [4.78, 5) is 28.1. The molecular weight excluding hydrogens is 365 g/mol. The molecule has 9 nitrogen and oxygen atoms in total. The first-order chi connectivity index (χ1) is 13.2. The first-order valence-corrected chi connectivity index (χ1v) is 8.90. The highest BCUT2D eigenvalue weighted by Crippen LogP contribution is 2.20. The second-order valence-electron chi connectivity index (χ2n) is 7.43. The minimum Gasteiger partial charge on any atom is -0.444 e. The van der Waals surface area contributed by atoms with Gasteiger partial charge in [-0.3, -0.25) is 4.57 Å². The fourth-order valence-corrected chi connectivity index (χ4v) is 2.86. The van der Waals surface area contributed by atoms with Gasteiger partial charge < -0.3 is 14.5 Å². The van der Waals surface area contributed by atoms with Crippen molar-refractivity contribution in [1.82, 2.24) is 24.4 Å². The van der Waals surface area contributed by atoms with E-state index < -0.39 is 11.4 Å². The Kier molecular flexibility index (Phi) is 5.18. The van der Waals surface area contributed by atoms with Crippen LogP contribution in [0.25, 0.3) is 5.82 Å². The van der Waals surface area contributed by atoms with Crippen molar-refractivity contribution in [3.05, 3.63) is 29.7 Å². The molecule has 0 aliphatic carbocycles. The van der Waals surface area contributed by atoms with E-state index in [0.29, 0.717) is 38.0 Å². The number of carbonyl (C=O) groups is 1. The molecule has 10 heteroatoms. The number of carbonyl (C=O) groups excluding carboxylic acids is 1. The van der Waals surface area contributed by atoms with Gasteiger partial charge in [0.2, 0.25) is 5.95 Å². The molecule has 2 aromatic heterocycles. The van der Waals surface area contributed by atoms with Gasteiger partial charge in [0.15, 0.2) is 11.6 Å². The summed E-state index contributed by atoms with van der Waals surface area (Å²) in [6.45, 7) is 8.99. The van der Waals surface area contributed by atoms with Crippen LogP contribution in [-0.2, 0) is 4.74 Å². The van der Waals surface area contributed by atoms with E-state index in [1.165, 1.54) is 10.8 Å². The summed E-state index contributed by atoms with van der Waals surface area (Å²) < 4.78 is 21.1. The summed E-state index contributed by atoms with van der Waals surface area (Å²) in [5.74, 6) is 0.118. The fourth-order valence-electron chi connectivity index (χ4n) is 2.86. The zero-order chi connectivity index (χ0) is 20.5. The Balaban J connectivity index is 1.77. The van der Waals surface area contributed by atoms with Crippen molar-refractivity contribution in [3.8, 4) is 11.9 Å². The zero-order valence-corrected chi connectivity index (χ0v) is 16.3. The van der Waals surface area contributed by atoms with Crippen LogP contribution in [0, 0.1) is 24.1 Å². The Bertz CT molecular complexity index is 921. The first kappa shape index (κ1) is 19.5. The van der Waals surface area contributed by atoms with E-state index in [2.05, 4.69) is 15.0 Å². The molecule has 0 unspecified atom stereocenters. The van der Waals surface area contributed by atoms with Gasteiger partial charge in [-0.15, -0.1) is 0 Å². The molecule has 0 saturated carbocycles. The number of rotatable bonds is 2. The van der Waals surface area contributed by atoms with Crippen LogP contribution in [0.15, 0.2) is 12.4 Å². The van der Waals surface area contributed by atoms with Crippen molar-refractivity contribution in [2.75, 3.05) is 31.1 Å². The van der Waals surface area contributed by atoms with Crippen LogP contribution in [0.3, 0.4) is 0 Å². The average Bonchev–Trinajstić information content (AvgIpc) is 3.01. The third-order valence-electron chi connectivity index (χ3n) is 4.19. The van der Waals surface area contributed by atoms with Crippen molar-refractivity contribution in [2.24, 2.45) is 0 Å².